The number of fused-ring (bicyclic) bond motifs is 2. The van der Waals surface area contributed by atoms with Crippen LogP contribution in [0.3, 0.4) is 0 Å². The summed E-state index contributed by atoms with van der Waals surface area (Å²) in [6.07, 6.45) is 1.74. The summed E-state index contributed by atoms with van der Waals surface area (Å²) in [5.74, 6) is -0.345. The Bertz CT molecular complexity index is 1400. The third-order valence-corrected chi connectivity index (χ3v) is 6.24. The Morgan fingerprint density at radius 3 is 2.79 bits per heavy atom. The van der Waals surface area contributed by atoms with E-state index in [2.05, 4.69) is 31.7 Å². The second kappa shape index (κ2) is 9.13. The minimum Gasteiger partial charge on any atom is -0.394 e. The van der Waals surface area contributed by atoms with Crippen LogP contribution in [0.4, 0.5) is 5.69 Å². The summed E-state index contributed by atoms with van der Waals surface area (Å²) in [7, 11) is 0. The van der Waals surface area contributed by atoms with Crippen molar-refractivity contribution >= 4 is 34.1 Å². The molecular formula is C23H21ClN8O2. The first-order chi connectivity index (χ1) is 16.6. The number of amides is 1. The molecule has 0 aliphatic carbocycles. The summed E-state index contributed by atoms with van der Waals surface area (Å²) in [4.78, 5) is 15.1. The molecule has 0 radical (unpaired) electrons. The van der Waals surface area contributed by atoms with E-state index in [-0.39, 0.29) is 24.8 Å². The summed E-state index contributed by atoms with van der Waals surface area (Å²) in [5, 5.41) is 35.0. The average Bonchev–Trinajstić information content (AvgIpc) is 3.48. The molecule has 0 atom stereocenters. The van der Waals surface area contributed by atoms with Gasteiger partial charge in [-0.1, -0.05) is 28.9 Å². The fraction of sp³-hybridized carbons (Fsp3) is 0.261. The van der Waals surface area contributed by atoms with E-state index in [9.17, 15) is 9.90 Å². The number of anilines is 1. The second-order valence-corrected chi connectivity index (χ2v) is 8.33. The molecule has 1 aliphatic rings. The van der Waals surface area contributed by atoms with E-state index in [1.54, 1.807) is 35.1 Å². The number of aliphatic hydroxyl groups is 1. The van der Waals surface area contributed by atoms with E-state index in [1.165, 1.54) is 0 Å². The molecule has 2 N–H and O–H groups in total. The number of hydrogen-bond donors (Lipinski definition) is 2. The van der Waals surface area contributed by atoms with Crippen LogP contribution in [0.25, 0.3) is 10.9 Å². The molecule has 0 fully saturated rings. The Labute approximate surface area is 200 Å². The minimum atomic E-state index is -0.345. The van der Waals surface area contributed by atoms with Crippen molar-refractivity contribution in [3.8, 4) is 6.07 Å². The Kier molecular flexibility index (Phi) is 5.88. The predicted molar refractivity (Wildman–Crippen MR) is 125 cm³/mol. The van der Waals surface area contributed by atoms with E-state index >= 15 is 0 Å². The third kappa shape index (κ3) is 3.96. The maximum atomic E-state index is 13.0. The molecule has 10 nitrogen and oxygen atoms in total. The molecule has 0 spiro atoms. The monoisotopic (exact) mass is 476 g/mol. The molecule has 11 heteroatoms. The lowest BCUT2D eigenvalue weighted by molar-refractivity contribution is 0.0946. The highest BCUT2D eigenvalue weighted by Crippen LogP contribution is 2.36. The van der Waals surface area contributed by atoms with Crippen molar-refractivity contribution in [3.05, 3.63) is 70.1 Å². The lowest BCUT2D eigenvalue weighted by atomic mass is 10.1. The van der Waals surface area contributed by atoms with Gasteiger partial charge in [0.25, 0.3) is 5.91 Å². The topological polar surface area (TPSA) is 125 Å². The fourth-order valence-corrected chi connectivity index (χ4v) is 4.52. The number of benzene rings is 2. The van der Waals surface area contributed by atoms with Crippen LogP contribution in [-0.4, -0.2) is 48.9 Å². The summed E-state index contributed by atoms with van der Waals surface area (Å²) in [5.41, 5.74) is 4.09. The predicted octanol–water partition coefficient (Wildman–Crippen LogP) is 2.10. The number of nitrogens with one attached hydrogen (secondary N) is 1. The molecule has 1 amide bonds. The van der Waals surface area contributed by atoms with Gasteiger partial charge in [-0.05, 0) is 29.8 Å². The lowest BCUT2D eigenvalue weighted by Gasteiger charge is -2.30. The van der Waals surface area contributed by atoms with Crippen LogP contribution in [0.1, 0.15) is 27.3 Å². The van der Waals surface area contributed by atoms with E-state index in [1.807, 2.05) is 16.8 Å². The van der Waals surface area contributed by atoms with Gasteiger partial charge in [0.15, 0.2) is 5.69 Å². The highest BCUT2D eigenvalue weighted by molar-refractivity contribution is 6.38. The van der Waals surface area contributed by atoms with Crippen molar-refractivity contribution in [2.45, 2.75) is 26.2 Å². The molecule has 0 saturated heterocycles. The molecule has 4 aromatic rings. The Morgan fingerprint density at radius 1 is 1.21 bits per heavy atom. The molecule has 2 aromatic carbocycles. The first-order valence-electron chi connectivity index (χ1n) is 10.8. The normalized spacial score (nSPS) is 13.0. The fourth-order valence-electron chi connectivity index (χ4n) is 4.14. The van der Waals surface area contributed by atoms with Crippen LogP contribution in [-0.2, 0) is 26.2 Å². The van der Waals surface area contributed by atoms with Crippen molar-refractivity contribution in [1.29, 1.82) is 5.26 Å². The number of carbonyl (C=O) groups excluding carboxylic acids is 1. The Balaban J connectivity index is 1.44. The van der Waals surface area contributed by atoms with Crippen LogP contribution < -0.4 is 10.2 Å². The zero-order valence-electron chi connectivity index (χ0n) is 18.1. The van der Waals surface area contributed by atoms with Crippen molar-refractivity contribution in [2.24, 2.45) is 0 Å². The number of aromatic nitrogens is 5. The molecule has 5 rings (SSSR count). The number of nitrogens with zero attached hydrogens (tertiary/aromatic N) is 7. The molecule has 34 heavy (non-hydrogen) atoms. The SMILES string of the molecule is N#Cc1ccc(CNC(=O)c2nn(CCO)c3c(Cl)c(N4CCn5nncc5C4)ccc23)cc1. The molecule has 0 bridgehead atoms. The number of nitriles is 1. The number of hydrogen-bond acceptors (Lipinski definition) is 7. The largest absolute Gasteiger partial charge is 0.394 e. The number of halogens is 1. The molecule has 0 unspecified atom stereocenters. The van der Waals surface area contributed by atoms with Crippen molar-refractivity contribution in [2.75, 3.05) is 18.1 Å². The van der Waals surface area contributed by atoms with Crippen LogP contribution in [0.2, 0.25) is 5.02 Å². The molecular weight excluding hydrogens is 456 g/mol. The Morgan fingerprint density at radius 2 is 2.03 bits per heavy atom. The third-order valence-electron chi connectivity index (χ3n) is 5.87. The summed E-state index contributed by atoms with van der Waals surface area (Å²) in [6.45, 7) is 2.39. The number of carbonyl (C=O) groups is 1. The lowest BCUT2D eigenvalue weighted by Crippen LogP contribution is -2.34. The minimum absolute atomic E-state index is 0.141. The van der Waals surface area contributed by atoms with Gasteiger partial charge in [-0.3, -0.25) is 9.48 Å². The van der Waals surface area contributed by atoms with E-state index < -0.39 is 0 Å². The number of aliphatic hydroxyl groups excluding tert-OH is 1. The number of rotatable bonds is 6. The molecule has 2 aromatic heterocycles. The van der Waals surface area contributed by atoms with E-state index in [0.29, 0.717) is 47.7 Å². The van der Waals surface area contributed by atoms with Gasteiger partial charge in [0.05, 0.1) is 66.0 Å². The van der Waals surface area contributed by atoms with E-state index in [4.69, 9.17) is 16.9 Å². The Hall–Kier alpha value is -3.94. The van der Waals surface area contributed by atoms with E-state index in [0.717, 1.165) is 16.9 Å². The van der Waals surface area contributed by atoms with Gasteiger partial charge in [-0.25, -0.2) is 4.68 Å². The zero-order chi connectivity index (χ0) is 23.7. The van der Waals surface area contributed by atoms with Crippen molar-refractivity contribution < 1.29 is 9.90 Å². The first-order valence-corrected chi connectivity index (χ1v) is 11.2. The molecule has 3 heterocycles. The molecule has 1 aliphatic heterocycles. The summed E-state index contributed by atoms with van der Waals surface area (Å²) >= 11 is 6.86. The molecule has 0 saturated carbocycles. The highest BCUT2D eigenvalue weighted by Gasteiger charge is 2.24. The molecule has 172 valence electrons. The highest BCUT2D eigenvalue weighted by atomic mass is 35.5. The summed E-state index contributed by atoms with van der Waals surface area (Å²) in [6, 6.07) is 12.8. The standard InChI is InChI=1S/C23H21ClN8O2/c24-20-19(30-7-8-31-17(14-30)13-27-29-31)6-5-18-21(28-32(9-10-33)22(18)20)23(34)26-12-16-3-1-15(11-25)2-4-16/h1-6,13,33H,7-10,12,14H2,(H,26,34). The van der Waals surface area contributed by atoms with Gasteiger partial charge in [0.1, 0.15) is 0 Å². The van der Waals surface area contributed by atoms with Gasteiger partial charge in [-0.2, -0.15) is 10.4 Å². The summed E-state index contributed by atoms with van der Waals surface area (Å²) < 4.78 is 3.45. The maximum Gasteiger partial charge on any atom is 0.272 e. The van der Waals surface area contributed by atoms with Crippen molar-refractivity contribution in [3.63, 3.8) is 0 Å². The van der Waals surface area contributed by atoms with Crippen molar-refractivity contribution in [1.82, 2.24) is 30.1 Å². The van der Waals surface area contributed by atoms with Crippen LogP contribution >= 0.6 is 11.6 Å². The maximum absolute atomic E-state index is 13.0. The van der Waals surface area contributed by atoms with Gasteiger partial charge in [-0.15, -0.1) is 5.10 Å². The first kappa shape index (κ1) is 21.9. The van der Waals surface area contributed by atoms with Crippen LogP contribution in [0, 0.1) is 11.3 Å². The van der Waals surface area contributed by atoms with Crippen LogP contribution in [0.15, 0.2) is 42.6 Å². The van der Waals surface area contributed by atoms with Gasteiger partial charge >= 0.3 is 0 Å². The van der Waals surface area contributed by atoms with Gasteiger partial charge in [0.2, 0.25) is 0 Å². The van der Waals surface area contributed by atoms with Crippen LogP contribution in [0.5, 0.6) is 0 Å². The van der Waals surface area contributed by atoms with Gasteiger partial charge in [0, 0.05) is 18.5 Å². The zero-order valence-corrected chi connectivity index (χ0v) is 18.9. The average molecular weight is 477 g/mol. The quantitative estimate of drug-likeness (QED) is 0.436. The van der Waals surface area contributed by atoms with Gasteiger partial charge < -0.3 is 15.3 Å². The smallest absolute Gasteiger partial charge is 0.272 e. The second-order valence-electron chi connectivity index (χ2n) is 7.95.